The molecule has 3 rings (SSSR count). The largest absolute Gasteiger partial charge is 0.371 e. The molecular weight excluding hydrogens is 320 g/mol. The van der Waals surface area contributed by atoms with Crippen LogP contribution in [0, 0.1) is 0 Å². The molecule has 0 radical (unpaired) electrons. The van der Waals surface area contributed by atoms with Crippen molar-refractivity contribution in [2.24, 2.45) is 5.73 Å². The van der Waals surface area contributed by atoms with Gasteiger partial charge in [-0.1, -0.05) is 18.2 Å². The van der Waals surface area contributed by atoms with Crippen LogP contribution in [0.1, 0.15) is 28.3 Å². The van der Waals surface area contributed by atoms with E-state index >= 15 is 0 Å². The first kappa shape index (κ1) is 16.9. The second-order valence-electron chi connectivity index (χ2n) is 6.13. The summed E-state index contributed by atoms with van der Waals surface area (Å²) in [7, 11) is 2.14. The quantitative estimate of drug-likeness (QED) is 0.905. The van der Waals surface area contributed by atoms with Gasteiger partial charge in [-0.25, -0.2) is 4.98 Å². The van der Waals surface area contributed by atoms with Crippen LogP contribution >= 0.6 is 11.3 Å². The summed E-state index contributed by atoms with van der Waals surface area (Å²) < 4.78 is 0. The number of thiazole rings is 1. The molecule has 6 heteroatoms. The second kappa shape index (κ2) is 7.77. The van der Waals surface area contributed by atoms with Crippen LogP contribution in [0.2, 0.25) is 0 Å². The standard InChI is InChI=1S/C18H24N4OS/c1-21(14-5-3-2-4-6-14)15-8-11-22(12-9-15)18(23)16-13-24-17(20-16)7-10-19/h2-6,13,15H,7-12,19H2,1H3. The van der Waals surface area contributed by atoms with Crippen molar-refractivity contribution in [3.05, 3.63) is 46.4 Å². The zero-order valence-electron chi connectivity index (χ0n) is 14.0. The lowest BCUT2D eigenvalue weighted by molar-refractivity contribution is 0.0708. The average molecular weight is 344 g/mol. The van der Waals surface area contributed by atoms with E-state index in [9.17, 15) is 4.79 Å². The molecule has 2 N–H and O–H groups in total. The van der Waals surface area contributed by atoms with Gasteiger partial charge in [0.25, 0.3) is 5.91 Å². The Kier molecular flexibility index (Phi) is 5.48. The Morgan fingerprint density at radius 2 is 2.04 bits per heavy atom. The van der Waals surface area contributed by atoms with E-state index in [1.54, 1.807) is 0 Å². The number of aromatic nitrogens is 1. The summed E-state index contributed by atoms with van der Waals surface area (Å²) in [6, 6.07) is 10.9. The van der Waals surface area contributed by atoms with Crippen molar-refractivity contribution < 1.29 is 4.79 Å². The molecule has 24 heavy (non-hydrogen) atoms. The highest BCUT2D eigenvalue weighted by atomic mass is 32.1. The van der Waals surface area contributed by atoms with Crippen LogP contribution in [0.15, 0.2) is 35.7 Å². The number of benzene rings is 1. The normalized spacial score (nSPS) is 15.5. The molecule has 1 aliphatic rings. The molecule has 1 saturated heterocycles. The Hall–Kier alpha value is -1.92. The lowest BCUT2D eigenvalue weighted by Crippen LogP contribution is -2.45. The van der Waals surface area contributed by atoms with Crippen LogP contribution in [0.5, 0.6) is 0 Å². The fourth-order valence-electron chi connectivity index (χ4n) is 3.14. The van der Waals surface area contributed by atoms with Crippen LogP contribution in [-0.2, 0) is 6.42 Å². The number of anilines is 1. The molecule has 1 aromatic heterocycles. The molecule has 2 heterocycles. The molecule has 0 saturated carbocycles. The molecule has 1 aromatic carbocycles. The molecule has 1 aliphatic heterocycles. The number of piperidine rings is 1. The minimum Gasteiger partial charge on any atom is -0.371 e. The Balaban J connectivity index is 1.57. The van der Waals surface area contributed by atoms with Gasteiger partial charge in [-0.3, -0.25) is 4.79 Å². The average Bonchev–Trinajstić information content (AvgIpc) is 3.10. The molecule has 0 atom stereocenters. The Labute approximate surface area is 147 Å². The fraction of sp³-hybridized carbons (Fsp3) is 0.444. The predicted molar refractivity (Wildman–Crippen MR) is 98.6 cm³/mol. The molecule has 1 fully saturated rings. The van der Waals surface area contributed by atoms with Crippen molar-refractivity contribution in [2.45, 2.75) is 25.3 Å². The maximum Gasteiger partial charge on any atom is 0.273 e. The number of nitrogens with zero attached hydrogens (tertiary/aromatic N) is 3. The van der Waals surface area contributed by atoms with Gasteiger partial charge in [-0.05, 0) is 31.5 Å². The van der Waals surface area contributed by atoms with Crippen LogP contribution in [0.25, 0.3) is 0 Å². The SMILES string of the molecule is CN(c1ccccc1)C1CCN(C(=O)c2csc(CCN)n2)CC1. The highest BCUT2D eigenvalue weighted by molar-refractivity contribution is 7.09. The molecule has 128 valence electrons. The van der Waals surface area contributed by atoms with E-state index in [0.29, 0.717) is 18.3 Å². The number of nitrogens with two attached hydrogens (primary N) is 1. The third-order valence-electron chi connectivity index (χ3n) is 4.59. The summed E-state index contributed by atoms with van der Waals surface area (Å²) >= 11 is 1.52. The number of amides is 1. The summed E-state index contributed by atoms with van der Waals surface area (Å²) in [5, 5.41) is 2.80. The van der Waals surface area contributed by atoms with E-state index in [-0.39, 0.29) is 5.91 Å². The first-order chi connectivity index (χ1) is 11.7. The summed E-state index contributed by atoms with van der Waals surface area (Å²) in [5.41, 5.74) is 7.34. The summed E-state index contributed by atoms with van der Waals surface area (Å²) in [6.45, 7) is 2.13. The number of hydrogen-bond donors (Lipinski definition) is 1. The number of likely N-dealkylation sites (tertiary alicyclic amines) is 1. The molecule has 0 spiro atoms. The van der Waals surface area contributed by atoms with Crippen molar-refractivity contribution in [3.8, 4) is 0 Å². The fourth-order valence-corrected chi connectivity index (χ4v) is 3.93. The highest BCUT2D eigenvalue weighted by Crippen LogP contribution is 2.23. The molecule has 0 bridgehead atoms. The van der Waals surface area contributed by atoms with Gasteiger partial charge in [0, 0.05) is 43.7 Å². The van der Waals surface area contributed by atoms with Gasteiger partial charge in [-0.2, -0.15) is 0 Å². The number of para-hydroxylation sites is 1. The zero-order valence-corrected chi connectivity index (χ0v) is 14.8. The van der Waals surface area contributed by atoms with Crippen molar-refractivity contribution in [1.82, 2.24) is 9.88 Å². The van der Waals surface area contributed by atoms with Gasteiger partial charge < -0.3 is 15.5 Å². The van der Waals surface area contributed by atoms with Gasteiger partial charge in [-0.15, -0.1) is 11.3 Å². The van der Waals surface area contributed by atoms with Gasteiger partial charge >= 0.3 is 0 Å². The third kappa shape index (κ3) is 3.76. The molecular formula is C18H24N4OS. The minimum atomic E-state index is 0.0512. The van der Waals surface area contributed by atoms with E-state index in [0.717, 1.165) is 37.4 Å². The van der Waals surface area contributed by atoms with Gasteiger partial charge in [0.2, 0.25) is 0 Å². The second-order valence-corrected chi connectivity index (χ2v) is 7.08. The number of rotatable bonds is 5. The summed E-state index contributed by atoms with van der Waals surface area (Å²) in [4.78, 5) is 21.3. The smallest absolute Gasteiger partial charge is 0.273 e. The van der Waals surface area contributed by atoms with E-state index in [2.05, 4.69) is 41.2 Å². The van der Waals surface area contributed by atoms with Crippen molar-refractivity contribution in [1.29, 1.82) is 0 Å². The molecule has 5 nitrogen and oxygen atoms in total. The minimum absolute atomic E-state index is 0.0512. The van der Waals surface area contributed by atoms with E-state index < -0.39 is 0 Å². The number of carbonyl (C=O) groups is 1. The van der Waals surface area contributed by atoms with Gasteiger partial charge in [0.1, 0.15) is 5.69 Å². The molecule has 0 unspecified atom stereocenters. The van der Waals surface area contributed by atoms with Crippen molar-refractivity contribution in [3.63, 3.8) is 0 Å². The molecule has 2 aromatic rings. The Morgan fingerprint density at radius 1 is 1.33 bits per heavy atom. The topological polar surface area (TPSA) is 62.5 Å². The number of hydrogen-bond acceptors (Lipinski definition) is 5. The van der Waals surface area contributed by atoms with Crippen LogP contribution in [-0.4, -0.2) is 48.5 Å². The lowest BCUT2D eigenvalue weighted by Gasteiger charge is -2.37. The van der Waals surface area contributed by atoms with Gasteiger partial charge in [0.15, 0.2) is 0 Å². The van der Waals surface area contributed by atoms with E-state index in [1.807, 2.05) is 16.3 Å². The zero-order chi connectivity index (χ0) is 16.9. The lowest BCUT2D eigenvalue weighted by atomic mass is 10.0. The third-order valence-corrected chi connectivity index (χ3v) is 5.50. The van der Waals surface area contributed by atoms with Crippen LogP contribution in [0.3, 0.4) is 0 Å². The molecule has 0 aliphatic carbocycles. The summed E-state index contributed by atoms with van der Waals surface area (Å²) in [5.74, 6) is 0.0512. The summed E-state index contributed by atoms with van der Waals surface area (Å²) in [6.07, 6.45) is 2.70. The van der Waals surface area contributed by atoms with E-state index in [1.165, 1.54) is 17.0 Å². The first-order valence-corrected chi connectivity index (χ1v) is 9.28. The van der Waals surface area contributed by atoms with E-state index in [4.69, 9.17) is 5.73 Å². The van der Waals surface area contributed by atoms with Crippen LogP contribution < -0.4 is 10.6 Å². The maximum absolute atomic E-state index is 12.6. The Bertz CT molecular complexity index is 665. The monoisotopic (exact) mass is 344 g/mol. The number of carbonyl (C=O) groups excluding carboxylic acids is 1. The van der Waals surface area contributed by atoms with Crippen LogP contribution in [0.4, 0.5) is 5.69 Å². The van der Waals surface area contributed by atoms with Gasteiger partial charge in [0.05, 0.1) is 5.01 Å². The predicted octanol–water partition coefficient (Wildman–Crippen LogP) is 2.39. The van der Waals surface area contributed by atoms with Crippen molar-refractivity contribution >= 4 is 22.9 Å². The van der Waals surface area contributed by atoms with Crippen molar-refractivity contribution in [2.75, 3.05) is 31.6 Å². The highest BCUT2D eigenvalue weighted by Gasteiger charge is 2.27. The Morgan fingerprint density at radius 3 is 2.71 bits per heavy atom. The first-order valence-electron chi connectivity index (χ1n) is 8.40. The molecule has 1 amide bonds. The maximum atomic E-state index is 12.6.